The number of rotatable bonds is 8. The average Bonchev–Trinajstić information content (AvgIpc) is 2.66. The number of para-hydroxylation sites is 1. The Labute approximate surface area is 165 Å². The van der Waals surface area contributed by atoms with Gasteiger partial charge in [-0.25, -0.2) is 8.42 Å². The Kier molecular flexibility index (Phi) is 6.90. The Hall–Kier alpha value is -2.74. The fourth-order valence-electron chi connectivity index (χ4n) is 2.91. The van der Waals surface area contributed by atoms with Crippen molar-refractivity contribution in [1.82, 2.24) is 0 Å². The average molecular weight is 407 g/mol. The summed E-state index contributed by atoms with van der Waals surface area (Å²) in [6.45, 7) is 4.99. The molecule has 0 spiro atoms. The maximum Gasteiger partial charge on any atom is 0.326 e. The molecule has 8 heteroatoms. The van der Waals surface area contributed by atoms with Gasteiger partial charge in [0, 0.05) is 6.07 Å². The minimum Gasteiger partial charge on any atom is -0.493 e. The zero-order valence-corrected chi connectivity index (χ0v) is 17.5. The van der Waals surface area contributed by atoms with E-state index in [2.05, 4.69) is 0 Å². The maximum atomic E-state index is 13.5. The van der Waals surface area contributed by atoms with Gasteiger partial charge in [0.25, 0.3) is 10.0 Å². The molecule has 0 heterocycles. The van der Waals surface area contributed by atoms with E-state index in [1.807, 2.05) is 6.07 Å². The van der Waals surface area contributed by atoms with Gasteiger partial charge in [-0.1, -0.05) is 18.2 Å². The number of carbonyl (C=O) groups is 1. The smallest absolute Gasteiger partial charge is 0.326 e. The van der Waals surface area contributed by atoms with Crippen LogP contribution in [0.25, 0.3) is 0 Å². The van der Waals surface area contributed by atoms with Crippen LogP contribution in [0.15, 0.2) is 41.3 Å². The van der Waals surface area contributed by atoms with Crippen LogP contribution in [0.1, 0.15) is 18.1 Å². The Morgan fingerprint density at radius 3 is 2.14 bits per heavy atom. The summed E-state index contributed by atoms with van der Waals surface area (Å²) in [6, 6.07) is 9.73. The molecule has 2 rings (SSSR count). The molecule has 0 aromatic heterocycles. The Balaban J connectivity index is 2.63. The van der Waals surface area contributed by atoms with E-state index >= 15 is 0 Å². The van der Waals surface area contributed by atoms with Crippen molar-refractivity contribution in [3.8, 4) is 11.5 Å². The lowest BCUT2D eigenvalue weighted by Crippen LogP contribution is -2.37. The van der Waals surface area contributed by atoms with Gasteiger partial charge in [0.05, 0.1) is 31.4 Å². The van der Waals surface area contributed by atoms with Gasteiger partial charge in [0.1, 0.15) is 6.54 Å². The molecule has 0 aliphatic carbocycles. The van der Waals surface area contributed by atoms with Crippen LogP contribution in [0.5, 0.6) is 11.5 Å². The molecule has 0 radical (unpaired) electrons. The van der Waals surface area contributed by atoms with E-state index in [0.29, 0.717) is 11.4 Å². The number of esters is 1. The van der Waals surface area contributed by atoms with Crippen LogP contribution in [0.4, 0.5) is 5.69 Å². The summed E-state index contributed by atoms with van der Waals surface area (Å²) in [5.41, 5.74) is 1.91. The fourth-order valence-corrected chi connectivity index (χ4v) is 4.47. The third-order valence-electron chi connectivity index (χ3n) is 4.21. The standard InChI is InChI=1S/C20H25NO6S/c1-6-27-19(22)13-21(20-14(2)8-7-9-15(20)3)28(23,24)16-10-11-17(25-4)18(12-16)26-5/h7-12H,6,13H2,1-5H3. The molecule has 0 saturated carbocycles. The topological polar surface area (TPSA) is 82.1 Å². The molecule has 152 valence electrons. The van der Waals surface area contributed by atoms with Crippen molar-refractivity contribution in [1.29, 1.82) is 0 Å². The third-order valence-corrected chi connectivity index (χ3v) is 5.95. The molecule has 0 fully saturated rings. The van der Waals surface area contributed by atoms with Gasteiger partial charge >= 0.3 is 5.97 Å². The quantitative estimate of drug-likeness (QED) is 0.626. The van der Waals surface area contributed by atoms with Crippen LogP contribution in [-0.2, 0) is 19.6 Å². The molecule has 0 unspecified atom stereocenters. The van der Waals surface area contributed by atoms with Crippen molar-refractivity contribution in [2.75, 3.05) is 31.7 Å². The number of benzene rings is 2. The van der Waals surface area contributed by atoms with Crippen LogP contribution < -0.4 is 13.8 Å². The van der Waals surface area contributed by atoms with Crippen molar-refractivity contribution < 1.29 is 27.4 Å². The first-order valence-electron chi connectivity index (χ1n) is 8.72. The maximum absolute atomic E-state index is 13.5. The summed E-state index contributed by atoms with van der Waals surface area (Å²) in [4.78, 5) is 12.2. The van der Waals surface area contributed by atoms with E-state index in [-0.39, 0.29) is 17.3 Å². The van der Waals surface area contributed by atoms with Gasteiger partial charge in [-0.3, -0.25) is 9.10 Å². The first-order chi connectivity index (χ1) is 13.3. The molecule has 0 aliphatic heterocycles. The predicted molar refractivity (Wildman–Crippen MR) is 107 cm³/mol. The lowest BCUT2D eigenvalue weighted by Gasteiger charge is -2.27. The summed E-state index contributed by atoms with van der Waals surface area (Å²) in [5.74, 6) is 0.0563. The molecule has 0 aliphatic rings. The molecule has 0 N–H and O–H groups in total. The predicted octanol–water partition coefficient (Wildman–Crippen LogP) is 3.08. The highest BCUT2D eigenvalue weighted by atomic mass is 32.2. The summed E-state index contributed by atoms with van der Waals surface area (Å²) in [6.07, 6.45) is 0. The molecular weight excluding hydrogens is 382 g/mol. The van der Waals surface area contributed by atoms with E-state index in [0.717, 1.165) is 15.4 Å². The van der Waals surface area contributed by atoms with Gasteiger partial charge in [0.2, 0.25) is 0 Å². The summed E-state index contributed by atoms with van der Waals surface area (Å²) in [7, 11) is -1.18. The molecule has 2 aromatic rings. The van der Waals surface area contributed by atoms with Gasteiger partial charge in [0.15, 0.2) is 11.5 Å². The number of nitrogens with zero attached hydrogens (tertiary/aromatic N) is 1. The highest BCUT2D eigenvalue weighted by molar-refractivity contribution is 7.92. The first kappa shape index (κ1) is 21.6. The molecule has 0 bridgehead atoms. The normalized spacial score (nSPS) is 11.0. The molecule has 0 saturated heterocycles. The lowest BCUT2D eigenvalue weighted by molar-refractivity contribution is -0.141. The van der Waals surface area contributed by atoms with Crippen molar-refractivity contribution in [2.45, 2.75) is 25.7 Å². The highest BCUT2D eigenvalue weighted by Crippen LogP contribution is 2.34. The van der Waals surface area contributed by atoms with Crippen molar-refractivity contribution in [3.63, 3.8) is 0 Å². The fraction of sp³-hybridized carbons (Fsp3) is 0.350. The van der Waals surface area contributed by atoms with E-state index in [1.165, 1.54) is 32.4 Å². The number of aryl methyl sites for hydroxylation is 2. The highest BCUT2D eigenvalue weighted by Gasteiger charge is 2.30. The molecule has 28 heavy (non-hydrogen) atoms. The zero-order valence-electron chi connectivity index (χ0n) is 16.7. The van der Waals surface area contributed by atoms with Crippen LogP contribution in [0, 0.1) is 13.8 Å². The SMILES string of the molecule is CCOC(=O)CN(c1c(C)cccc1C)S(=O)(=O)c1ccc(OC)c(OC)c1. The van der Waals surface area contributed by atoms with Gasteiger partial charge in [-0.05, 0) is 44.0 Å². The Morgan fingerprint density at radius 2 is 1.61 bits per heavy atom. The summed E-state index contributed by atoms with van der Waals surface area (Å²) >= 11 is 0. The Bertz CT molecular complexity index is 935. The van der Waals surface area contributed by atoms with E-state index in [9.17, 15) is 13.2 Å². The second kappa shape index (κ2) is 8.97. The number of sulfonamides is 1. The number of methoxy groups -OCH3 is 2. The van der Waals surface area contributed by atoms with Gasteiger partial charge in [-0.15, -0.1) is 0 Å². The largest absolute Gasteiger partial charge is 0.493 e. The van der Waals surface area contributed by atoms with Gasteiger partial charge in [-0.2, -0.15) is 0 Å². The number of carbonyl (C=O) groups excluding carboxylic acids is 1. The molecule has 7 nitrogen and oxygen atoms in total. The summed E-state index contributed by atoms with van der Waals surface area (Å²) in [5, 5.41) is 0. The lowest BCUT2D eigenvalue weighted by atomic mass is 10.1. The molecular formula is C20H25NO6S. The van der Waals surface area contributed by atoms with Crippen LogP contribution in [-0.4, -0.2) is 41.8 Å². The number of hydrogen-bond acceptors (Lipinski definition) is 6. The van der Waals surface area contributed by atoms with E-state index < -0.39 is 22.5 Å². The first-order valence-corrected chi connectivity index (χ1v) is 10.2. The molecule has 2 aromatic carbocycles. The number of anilines is 1. The van der Waals surface area contributed by atoms with Crippen LogP contribution in [0.2, 0.25) is 0 Å². The number of ether oxygens (including phenoxy) is 3. The zero-order chi connectivity index (χ0) is 20.9. The van der Waals surface area contributed by atoms with Crippen LogP contribution in [0.3, 0.4) is 0 Å². The van der Waals surface area contributed by atoms with Crippen molar-refractivity contribution in [3.05, 3.63) is 47.5 Å². The minimum absolute atomic E-state index is 0.0166. The molecule has 0 atom stereocenters. The summed E-state index contributed by atoms with van der Waals surface area (Å²) < 4.78 is 43.4. The van der Waals surface area contributed by atoms with Gasteiger partial charge < -0.3 is 14.2 Å². The second-order valence-corrected chi connectivity index (χ2v) is 7.94. The van der Waals surface area contributed by atoms with Crippen molar-refractivity contribution >= 4 is 21.7 Å². The van der Waals surface area contributed by atoms with Crippen molar-refractivity contribution in [2.24, 2.45) is 0 Å². The van der Waals surface area contributed by atoms with Crippen LogP contribution >= 0.6 is 0 Å². The second-order valence-electron chi connectivity index (χ2n) is 6.07. The Morgan fingerprint density at radius 1 is 1.00 bits per heavy atom. The number of hydrogen-bond donors (Lipinski definition) is 0. The monoisotopic (exact) mass is 407 g/mol. The third kappa shape index (κ3) is 4.39. The molecule has 0 amide bonds. The minimum atomic E-state index is -4.07. The van der Waals surface area contributed by atoms with E-state index in [1.54, 1.807) is 32.9 Å². The van der Waals surface area contributed by atoms with E-state index in [4.69, 9.17) is 14.2 Å².